The summed E-state index contributed by atoms with van der Waals surface area (Å²) >= 11 is 0. The van der Waals surface area contributed by atoms with Gasteiger partial charge in [0, 0.05) is 5.94 Å². The molecule has 4 heteroatoms. The zero-order valence-electron chi connectivity index (χ0n) is 12.4. The summed E-state index contributed by atoms with van der Waals surface area (Å²) < 4.78 is 12.0. The fraction of sp³-hybridized carbons (Fsp3) is 1.00. The largest absolute Gasteiger partial charge is 0.475 e. The molecular weight excluding hydrogens is 225 g/mol. The zero-order chi connectivity index (χ0) is 13.4. The highest BCUT2D eigenvalue weighted by atomic mass is 16.7. The summed E-state index contributed by atoms with van der Waals surface area (Å²) in [7, 11) is -0.239. The fourth-order valence-electron chi connectivity index (χ4n) is 2.98. The van der Waals surface area contributed by atoms with Gasteiger partial charge in [0.05, 0.1) is 11.2 Å². The second kappa shape index (κ2) is 5.14. The van der Waals surface area contributed by atoms with Crippen molar-refractivity contribution in [1.82, 2.24) is 0 Å². The van der Waals surface area contributed by atoms with Gasteiger partial charge < -0.3 is 15.0 Å². The lowest BCUT2D eigenvalue weighted by Gasteiger charge is -2.32. The highest BCUT2D eigenvalue weighted by Crippen LogP contribution is 2.38. The molecule has 1 aliphatic heterocycles. The maximum absolute atomic E-state index is 6.30. The Morgan fingerprint density at radius 3 is 2.06 bits per heavy atom. The van der Waals surface area contributed by atoms with E-state index in [9.17, 15) is 0 Å². The minimum atomic E-state index is -0.262. The Bertz CT molecular complexity index is 272. The normalized spacial score (nSPS) is 29.5. The molecule has 0 amide bonds. The summed E-state index contributed by atoms with van der Waals surface area (Å²) in [6, 6.07) is 0. The first kappa shape index (κ1) is 14.4. The van der Waals surface area contributed by atoms with E-state index in [4.69, 9.17) is 15.0 Å². The van der Waals surface area contributed by atoms with Crippen molar-refractivity contribution >= 4 is 7.12 Å². The van der Waals surface area contributed by atoms with Crippen LogP contribution in [0, 0.1) is 5.92 Å². The quantitative estimate of drug-likeness (QED) is 0.786. The van der Waals surface area contributed by atoms with Crippen LogP contribution in [-0.4, -0.2) is 24.3 Å². The Morgan fingerprint density at radius 2 is 1.56 bits per heavy atom. The molecule has 3 nitrogen and oxygen atoms in total. The van der Waals surface area contributed by atoms with Gasteiger partial charge in [-0.15, -0.1) is 0 Å². The summed E-state index contributed by atoms with van der Waals surface area (Å²) in [5.74, 6) is 0.780. The molecule has 104 valence electrons. The molecule has 0 aromatic rings. The van der Waals surface area contributed by atoms with Crippen LogP contribution in [-0.2, 0) is 9.31 Å². The van der Waals surface area contributed by atoms with Crippen molar-refractivity contribution in [2.45, 2.75) is 83.4 Å². The molecule has 0 spiro atoms. The molecule has 1 saturated carbocycles. The van der Waals surface area contributed by atoms with Gasteiger partial charge in [0.25, 0.3) is 0 Å². The minimum absolute atomic E-state index is 0.00847. The average molecular weight is 253 g/mol. The first-order valence-electron chi connectivity index (χ1n) is 7.43. The monoisotopic (exact) mass is 253 g/mol. The van der Waals surface area contributed by atoms with Crippen LogP contribution in [0.3, 0.4) is 0 Å². The van der Waals surface area contributed by atoms with Crippen LogP contribution in [0.15, 0.2) is 0 Å². The van der Waals surface area contributed by atoms with Crippen molar-refractivity contribution in [3.05, 3.63) is 0 Å². The molecule has 1 unspecified atom stereocenters. The Kier molecular flexibility index (Phi) is 4.10. The molecule has 1 heterocycles. The molecule has 2 rings (SSSR count). The average Bonchev–Trinajstić information content (AvgIpc) is 2.50. The molecular formula is C14H28BNO2. The molecule has 0 bridgehead atoms. The molecule has 1 aliphatic carbocycles. The topological polar surface area (TPSA) is 44.5 Å². The molecule has 18 heavy (non-hydrogen) atoms. The first-order valence-corrected chi connectivity index (χ1v) is 7.43. The number of hydrogen-bond donors (Lipinski definition) is 1. The van der Waals surface area contributed by atoms with E-state index in [0.29, 0.717) is 0 Å². The van der Waals surface area contributed by atoms with Gasteiger partial charge >= 0.3 is 7.12 Å². The van der Waals surface area contributed by atoms with E-state index in [2.05, 4.69) is 27.7 Å². The van der Waals surface area contributed by atoms with Crippen molar-refractivity contribution in [2.75, 3.05) is 0 Å². The number of nitrogens with two attached hydrogens (primary N) is 1. The van der Waals surface area contributed by atoms with Crippen LogP contribution in [0.2, 0.25) is 0 Å². The standard InChI is InChI=1S/C14H28BNO2/c1-13(2)14(3,4)18-15(17-13)12(16)10-11-8-6-5-7-9-11/h11-12H,5-10,16H2,1-4H3. The Hall–Kier alpha value is -0.0551. The van der Waals surface area contributed by atoms with Crippen LogP contribution < -0.4 is 5.73 Å². The van der Waals surface area contributed by atoms with E-state index in [-0.39, 0.29) is 24.3 Å². The fourth-order valence-corrected chi connectivity index (χ4v) is 2.98. The summed E-state index contributed by atoms with van der Waals surface area (Å²) in [5.41, 5.74) is 5.78. The van der Waals surface area contributed by atoms with E-state index in [0.717, 1.165) is 12.3 Å². The maximum Gasteiger partial charge on any atom is 0.475 e. The van der Waals surface area contributed by atoms with Crippen molar-refractivity contribution in [1.29, 1.82) is 0 Å². The van der Waals surface area contributed by atoms with Crippen LogP contribution in [0.1, 0.15) is 66.2 Å². The molecule has 0 aromatic heterocycles. The summed E-state index contributed by atoms with van der Waals surface area (Å²) in [6.07, 6.45) is 7.81. The molecule has 2 fully saturated rings. The van der Waals surface area contributed by atoms with Crippen LogP contribution in [0.25, 0.3) is 0 Å². The lowest BCUT2D eigenvalue weighted by Crippen LogP contribution is -2.43. The highest BCUT2D eigenvalue weighted by molar-refractivity contribution is 6.47. The van der Waals surface area contributed by atoms with E-state index >= 15 is 0 Å². The third-order valence-electron chi connectivity index (χ3n) is 4.95. The van der Waals surface area contributed by atoms with Crippen LogP contribution in [0.4, 0.5) is 0 Å². The number of hydrogen-bond acceptors (Lipinski definition) is 3. The van der Waals surface area contributed by atoms with Gasteiger partial charge in [-0.3, -0.25) is 0 Å². The smallest absolute Gasteiger partial charge is 0.402 e. The van der Waals surface area contributed by atoms with Gasteiger partial charge in [0.1, 0.15) is 0 Å². The van der Waals surface area contributed by atoms with Crippen molar-refractivity contribution < 1.29 is 9.31 Å². The van der Waals surface area contributed by atoms with E-state index < -0.39 is 0 Å². The summed E-state index contributed by atoms with van der Waals surface area (Å²) in [4.78, 5) is 0. The van der Waals surface area contributed by atoms with E-state index in [1.807, 2.05) is 0 Å². The minimum Gasteiger partial charge on any atom is -0.402 e. The van der Waals surface area contributed by atoms with Crippen molar-refractivity contribution in [2.24, 2.45) is 11.7 Å². The van der Waals surface area contributed by atoms with Gasteiger partial charge in [-0.05, 0) is 40.0 Å². The third-order valence-corrected chi connectivity index (χ3v) is 4.95. The molecule has 0 radical (unpaired) electrons. The van der Waals surface area contributed by atoms with Crippen molar-refractivity contribution in [3.63, 3.8) is 0 Å². The van der Waals surface area contributed by atoms with Gasteiger partial charge in [0.2, 0.25) is 0 Å². The Labute approximate surface area is 112 Å². The summed E-state index contributed by atoms with van der Waals surface area (Å²) in [5, 5.41) is 0. The SMILES string of the molecule is CC1(C)OB(C(N)CC2CCCCC2)OC1(C)C. The van der Waals surface area contributed by atoms with Gasteiger partial charge in [0.15, 0.2) is 0 Å². The van der Waals surface area contributed by atoms with Crippen LogP contribution in [0.5, 0.6) is 0 Å². The van der Waals surface area contributed by atoms with Gasteiger partial charge in [-0.25, -0.2) is 0 Å². The molecule has 2 aliphatic rings. The first-order chi connectivity index (χ1) is 8.32. The third kappa shape index (κ3) is 2.92. The Balaban J connectivity index is 1.88. The lowest BCUT2D eigenvalue weighted by molar-refractivity contribution is 0.00578. The van der Waals surface area contributed by atoms with Gasteiger partial charge in [-0.1, -0.05) is 32.1 Å². The van der Waals surface area contributed by atoms with E-state index in [1.165, 1.54) is 32.1 Å². The summed E-state index contributed by atoms with van der Waals surface area (Å²) in [6.45, 7) is 8.33. The molecule has 0 aromatic carbocycles. The van der Waals surface area contributed by atoms with Crippen LogP contribution >= 0.6 is 0 Å². The second-order valence-corrected chi connectivity index (χ2v) is 7.03. The molecule has 1 atom stereocenters. The predicted molar refractivity (Wildman–Crippen MR) is 75.2 cm³/mol. The predicted octanol–water partition coefficient (Wildman–Crippen LogP) is 2.92. The zero-order valence-corrected chi connectivity index (χ0v) is 12.4. The van der Waals surface area contributed by atoms with E-state index in [1.54, 1.807) is 0 Å². The number of rotatable bonds is 3. The molecule has 2 N–H and O–H groups in total. The van der Waals surface area contributed by atoms with Crippen molar-refractivity contribution in [3.8, 4) is 0 Å². The van der Waals surface area contributed by atoms with Gasteiger partial charge in [-0.2, -0.15) is 0 Å². The lowest BCUT2D eigenvalue weighted by atomic mass is 9.71. The highest BCUT2D eigenvalue weighted by Gasteiger charge is 2.53. The second-order valence-electron chi connectivity index (χ2n) is 7.03. The molecule has 1 saturated heterocycles. The maximum atomic E-state index is 6.30. The Morgan fingerprint density at radius 1 is 1.06 bits per heavy atom.